The molecule has 0 atom stereocenters. The van der Waals surface area contributed by atoms with Gasteiger partial charge in [0.15, 0.2) is 0 Å². The van der Waals surface area contributed by atoms with E-state index in [9.17, 15) is 19.1 Å². The van der Waals surface area contributed by atoms with Crippen molar-refractivity contribution in [3.63, 3.8) is 0 Å². The zero-order chi connectivity index (χ0) is 21.7. The Hall–Kier alpha value is -3.04. The van der Waals surface area contributed by atoms with E-state index in [4.69, 9.17) is 0 Å². The molecule has 0 aromatic heterocycles. The Balaban J connectivity index is 1.59. The molecule has 0 saturated carbocycles. The van der Waals surface area contributed by atoms with Crippen LogP contribution in [0.5, 0.6) is 5.75 Å². The number of hydrazone groups is 1. The number of phenols is 1. The molecule has 0 aliphatic heterocycles. The van der Waals surface area contributed by atoms with Gasteiger partial charge in [0.25, 0.3) is 11.8 Å². The number of nitrogens with zero attached hydrogens (tertiary/aromatic N) is 1. The molecule has 0 unspecified atom stereocenters. The number of aromatic hydroxyl groups is 1. The Morgan fingerprint density at radius 1 is 0.900 bits per heavy atom. The van der Waals surface area contributed by atoms with Crippen LogP contribution < -0.4 is 10.7 Å². The van der Waals surface area contributed by atoms with E-state index in [1.54, 1.807) is 36.4 Å². The van der Waals surface area contributed by atoms with Crippen molar-refractivity contribution in [2.75, 3.05) is 5.32 Å². The summed E-state index contributed by atoms with van der Waals surface area (Å²) in [5.41, 5.74) is 4.22. The Morgan fingerprint density at radius 2 is 1.43 bits per heavy atom. The Kier molecular flexibility index (Phi) is 6.96. The van der Waals surface area contributed by atoms with Crippen LogP contribution in [0, 0.1) is 5.82 Å². The van der Waals surface area contributed by atoms with Gasteiger partial charge in [0.1, 0.15) is 11.6 Å². The second kappa shape index (κ2) is 9.64. The summed E-state index contributed by atoms with van der Waals surface area (Å²) in [6.07, 6.45) is 1.43. The van der Waals surface area contributed by atoms with Crippen molar-refractivity contribution in [2.24, 2.45) is 5.10 Å². The van der Waals surface area contributed by atoms with Gasteiger partial charge in [0.2, 0.25) is 0 Å². The molecular weight excluding hydrogens is 521 g/mol. The molecule has 0 aliphatic rings. The van der Waals surface area contributed by atoms with Crippen LogP contribution in [-0.2, 0) is 0 Å². The average molecular weight is 535 g/mol. The van der Waals surface area contributed by atoms with E-state index in [-0.39, 0.29) is 11.7 Å². The molecule has 0 radical (unpaired) electrons. The molecule has 0 bridgehead atoms. The van der Waals surface area contributed by atoms with Gasteiger partial charge in [-0.15, -0.1) is 0 Å². The first-order chi connectivity index (χ1) is 14.3. The van der Waals surface area contributed by atoms with Gasteiger partial charge in [-0.1, -0.05) is 0 Å². The lowest BCUT2D eigenvalue weighted by molar-refractivity contribution is 0.0954. The number of hydrogen-bond donors (Lipinski definition) is 3. The van der Waals surface area contributed by atoms with E-state index >= 15 is 0 Å². The number of halogens is 3. The molecule has 30 heavy (non-hydrogen) atoms. The highest BCUT2D eigenvalue weighted by atomic mass is 79.9. The van der Waals surface area contributed by atoms with Crippen molar-refractivity contribution in [3.8, 4) is 5.75 Å². The van der Waals surface area contributed by atoms with Crippen molar-refractivity contribution >= 4 is 55.6 Å². The second-order valence-electron chi connectivity index (χ2n) is 6.07. The molecule has 0 saturated heterocycles. The zero-order valence-corrected chi connectivity index (χ0v) is 18.4. The fourth-order valence-corrected chi connectivity index (χ4v) is 3.62. The second-order valence-corrected chi connectivity index (χ2v) is 7.78. The Labute approximate surface area is 188 Å². The molecule has 0 spiro atoms. The lowest BCUT2D eigenvalue weighted by Gasteiger charge is -2.06. The maximum absolute atomic E-state index is 12.9. The Morgan fingerprint density at radius 3 is 2.03 bits per heavy atom. The normalized spacial score (nSPS) is 10.8. The summed E-state index contributed by atoms with van der Waals surface area (Å²) in [7, 11) is 0. The largest absolute Gasteiger partial charge is 0.506 e. The first-order valence-corrected chi connectivity index (χ1v) is 10.1. The summed E-state index contributed by atoms with van der Waals surface area (Å²) < 4.78 is 13.9. The van der Waals surface area contributed by atoms with Crippen LogP contribution in [0.4, 0.5) is 10.1 Å². The van der Waals surface area contributed by atoms with Gasteiger partial charge in [0.05, 0.1) is 15.2 Å². The van der Waals surface area contributed by atoms with E-state index in [0.29, 0.717) is 31.3 Å². The molecule has 3 rings (SSSR count). The van der Waals surface area contributed by atoms with Gasteiger partial charge in [-0.3, -0.25) is 9.59 Å². The number of carbonyl (C=O) groups is 2. The summed E-state index contributed by atoms with van der Waals surface area (Å²) >= 11 is 6.44. The van der Waals surface area contributed by atoms with Gasteiger partial charge in [0, 0.05) is 16.8 Å². The summed E-state index contributed by atoms with van der Waals surface area (Å²) in [5, 5.41) is 16.3. The lowest BCUT2D eigenvalue weighted by atomic mass is 10.1. The predicted octanol–water partition coefficient (Wildman–Crippen LogP) is 5.07. The minimum atomic E-state index is -0.431. The average Bonchev–Trinajstić information content (AvgIpc) is 2.73. The van der Waals surface area contributed by atoms with Gasteiger partial charge in [-0.05, 0) is 98.1 Å². The number of amides is 2. The van der Waals surface area contributed by atoms with Crippen LogP contribution in [0.15, 0.2) is 74.7 Å². The minimum Gasteiger partial charge on any atom is -0.506 e. The molecule has 152 valence electrons. The molecule has 0 fully saturated rings. The zero-order valence-electron chi connectivity index (χ0n) is 15.2. The number of nitrogens with one attached hydrogen (secondary N) is 2. The molecular formula is C21H14Br2FN3O3. The van der Waals surface area contributed by atoms with Crippen molar-refractivity contribution in [2.45, 2.75) is 0 Å². The summed E-state index contributed by atoms with van der Waals surface area (Å²) in [6.45, 7) is 0. The smallest absolute Gasteiger partial charge is 0.271 e. The molecule has 3 aromatic carbocycles. The third-order valence-electron chi connectivity index (χ3n) is 3.93. The standard InChI is InChI=1S/C21H14Br2FN3O3/c22-17-9-12(10-18(23)19(17)28)11-25-27-21(30)14-3-7-16(8-4-14)26-20(29)13-1-5-15(24)6-2-13/h1-11,28H,(H,26,29)(H,27,30)/b25-11+. The van der Waals surface area contributed by atoms with Crippen LogP contribution >= 0.6 is 31.9 Å². The summed E-state index contributed by atoms with van der Waals surface area (Å²) in [6, 6.07) is 14.7. The third kappa shape index (κ3) is 5.52. The van der Waals surface area contributed by atoms with Gasteiger partial charge < -0.3 is 10.4 Å². The molecule has 2 amide bonds. The molecule has 9 heteroatoms. The number of hydrogen-bond acceptors (Lipinski definition) is 4. The van der Waals surface area contributed by atoms with Crippen LogP contribution in [0.3, 0.4) is 0 Å². The van der Waals surface area contributed by atoms with Crippen LogP contribution in [0.1, 0.15) is 26.3 Å². The van der Waals surface area contributed by atoms with Crippen molar-refractivity contribution in [3.05, 3.63) is 92.1 Å². The minimum absolute atomic E-state index is 0.0720. The number of rotatable bonds is 5. The third-order valence-corrected chi connectivity index (χ3v) is 5.14. The number of anilines is 1. The highest BCUT2D eigenvalue weighted by Gasteiger charge is 2.09. The number of benzene rings is 3. The SMILES string of the molecule is O=C(N/N=C/c1cc(Br)c(O)c(Br)c1)c1ccc(NC(=O)c2ccc(F)cc2)cc1. The van der Waals surface area contributed by atoms with Gasteiger partial charge in [-0.25, -0.2) is 9.82 Å². The topological polar surface area (TPSA) is 90.8 Å². The molecule has 3 N–H and O–H groups in total. The van der Waals surface area contributed by atoms with Gasteiger partial charge >= 0.3 is 0 Å². The molecule has 6 nitrogen and oxygen atoms in total. The Bertz CT molecular complexity index is 1090. The van der Waals surface area contributed by atoms with Crippen LogP contribution in [0.25, 0.3) is 0 Å². The van der Waals surface area contributed by atoms with E-state index in [1.165, 1.54) is 30.5 Å². The highest BCUT2D eigenvalue weighted by Crippen LogP contribution is 2.32. The van der Waals surface area contributed by atoms with Gasteiger partial charge in [-0.2, -0.15) is 5.10 Å². The maximum atomic E-state index is 12.9. The summed E-state index contributed by atoms with van der Waals surface area (Å²) in [4.78, 5) is 24.3. The number of phenolic OH excluding ortho intramolecular Hbond substituents is 1. The molecule has 0 heterocycles. The quantitative estimate of drug-likeness (QED) is 0.315. The van der Waals surface area contributed by atoms with Crippen LogP contribution in [-0.4, -0.2) is 23.1 Å². The molecule has 0 aliphatic carbocycles. The van der Waals surface area contributed by atoms with E-state index < -0.39 is 11.7 Å². The van der Waals surface area contributed by atoms with E-state index in [0.717, 1.165) is 0 Å². The van der Waals surface area contributed by atoms with E-state index in [1.807, 2.05) is 0 Å². The van der Waals surface area contributed by atoms with Crippen molar-refractivity contribution in [1.82, 2.24) is 5.43 Å². The number of carbonyl (C=O) groups excluding carboxylic acids is 2. The highest BCUT2D eigenvalue weighted by molar-refractivity contribution is 9.11. The fourth-order valence-electron chi connectivity index (χ4n) is 2.40. The molecule has 3 aromatic rings. The fraction of sp³-hybridized carbons (Fsp3) is 0. The maximum Gasteiger partial charge on any atom is 0.271 e. The van der Waals surface area contributed by atoms with Crippen LogP contribution in [0.2, 0.25) is 0 Å². The van der Waals surface area contributed by atoms with E-state index in [2.05, 4.69) is 47.7 Å². The van der Waals surface area contributed by atoms with Crippen molar-refractivity contribution in [1.29, 1.82) is 0 Å². The lowest BCUT2D eigenvalue weighted by Crippen LogP contribution is -2.18. The summed E-state index contributed by atoms with van der Waals surface area (Å²) in [5.74, 6) is -1.17. The first-order valence-electron chi connectivity index (χ1n) is 8.52. The van der Waals surface area contributed by atoms with Crippen molar-refractivity contribution < 1.29 is 19.1 Å². The first kappa shape index (κ1) is 21.7. The monoisotopic (exact) mass is 533 g/mol. The predicted molar refractivity (Wildman–Crippen MR) is 119 cm³/mol.